The highest BCUT2D eigenvalue weighted by atomic mass is 19.1. The second-order valence-electron chi connectivity index (χ2n) is 6.40. The fourth-order valence-electron chi connectivity index (χ4n) is 2.47. The van der Waals surface area contributed by atoms with E-state index in [9.17, 15) is 9.50 Å². The molecule has 0 saturated carbocycles. The third-order valence-electron chi connectivity index (χ3n) is 3.49. The molecule has 0 heterocycles. The molecule has 0 bridgehead atoms. The van der Waals surface area contributed by atoms with Crippen LogP contribution in [0.1, 0.15) is 37.9 Å². The first kappa shape index (κ1) is 15.5. The normalized spacial score (nSPS) is 13.1. The minimum absolute atomic E-state index is 0.00530. The predicted octanol–water partition coefficient (Wildman–Crippen LogP) is 4.41. The Hall–Kier alpha value is -1.87. The Morgan fingerprint density at radius 3 is 2.33 bits per heavy atom. The molecule has 0 aromatic heterocycles. The van der Waals surface area contributed by atoms with Gasteiger partial charge in [-0.3, -0.25) is 0 Å². The molecule has 0 saturated heterocycles. The highest BCUT2D eigenvalue weighted by Gasteiger charge is 2.25. The molecule has 2 aromatic carbocycles. The Kier molecular flexibility index (Phi) is 4.63. The van der Waals surface area contributed by atoms with Gasteiger partial charge in [0, 0.05) is 12.6 Å². The standard InChI is InChI=1S/C18H22FNO/c1-18(2,3)17(14-7-9-15(19)10-8-14)20-12-13-5-4-6-16(21)11-13/h4-11,17,20-21H,12H2,1-3H3. The molecule has 2 rings (SSSR count). The van der Waals surface area contributed by atoms with Crippen LogP contribution >= 0.6 is 0 Å². The van der Waals surface area contributed by atoms with Crippen molar-refractivity contribution in [3.63, 3.8) is 0 Å². The van der Waals surface area contributed by atoms with Crippen LogP contribution in [-0.4, -0.2) is 5.11 Å². The van der Waals surface area contributed by atoms with Gasteiger partial charge in [0.2, 0.25) is 0 Å². The number of rotatable bonds is 4. The molecule has 3 heteroatoms. The summed E-state index contributed by atoms with van der Waals surface area (Å²) < 4.78 is 13.1. The molecule has 0 radical (unpaired) electrons. The molecule has 2 nitrogen and oxygen atoms in total. The zero-order chi connectivity index (χ0) is 15.5. The fraction of sp³-hybridized carbons (Fsp3) is 0.333. The van der Waals surface area contributed by atoms with Gasteiger partial charge in [-0.15, -0.1) is 0 Å². The highest BCUT2D eigenvalue weighted by Crippen LogP contribution is 2.33. The van der Waals surface area contributed by atoms with Crippen molar-refractivity contribution in [1.29, 1.82) is 0 Å². The SMILES string of the molecule is CC(C)(C)C(NCc1cccc(O)c1)c1ccc(F)cc1. The van der Waals surface area contributed by atoms with Crippen molar-refractivity contribution in [2.45, 2.75) is 33.4 Å². The number of aromatic hydroxyl groups is 1. The number of phenolic OH excluding ortho intramolecular Hbond substituents is 1. The highest BCUT2D eigenvalue weighted by molar-refractivity contribution is 5.27. The van der Waals surface area contributed by atoms with Crippen LogP contribution in [0.4, 0.5) is 4.39 Å². The molecule has 2 N–H and O–H groups in total. The van der Waals surface area contributed by atoms with Crippen molar-refractivity contribution in [3.8, 4) is 5.75 Å². The van der Waals surface area contributed by atoms with E-state index in [-0.39, 0.29) is 23.0 Å². The van der Waals surface area contributed by atoms with Gasteiger partial charge in [0.25, 0.3) is 0 Å². The quantitative estimate of drug-likeness (QED) is 0.873. The summed E-state index contributed by atoms with van der Waals surface area (Å²) in [5.74, 6) is 0.0442. The van der Waals surface area contributed by atoms with Crippen molar-refractivity contribution in [2.75, 3.05) is 0 Å². The monoisotopic (exact) mass is 287 g/mol. The third kappa shape index (κ3) is 4.30. The maximum atomic E-state index is 13.1. The Morgan fingerprint density at radius 1 is 1.10 bits per heavy atom. The van der Waals surface area contributed by atoms with Crippen LogP contribution in [0, 0.1) is 11.2 Å². The topological polar surface area (TPSA) is 32.3 Å². The summed E-state index contributed by atoms with van der Waals surface area (Å²) in [4.78, 5) is 0. The van der Waals surface area contributed by atoms with Gasteiger partial charge in [-0.1, -0.05) is 45.0 Å². The average Bonchev–Trinajstić information content (AvgIpc) is 2.39. The molecule has 0 amide bonds. The summed E-state index contributed by atoms with van der Waals surface area (Å²) in [5.41, 5.74) is 2.07. The van der Waals surface area contributed by atoms with E-state index >= 15 is 0 Å². The van der Waals surface area contributed by atoms with Crippen LogP contribution in [0.15, 0.2) is 48.5 Å². The molecule has 0 aliphatic rings. The van der Waals surface area contributed by atoms with E-state index in [2.05, 4.69) is 26.1 Å². The molecule has 112 valence electrons. The average molecular weight is 287 g/mol. The molecule has 0 spiro atoms. The van der Waals surface area contributed by atoms with Crippen LogP contribution in [0.2, 0.25) is 0 Å². The van der Waals surface area contributed by atoms with Crippen LogP contribution in [-0.2, 0) is 6.54 Å². The third-order valence-corrected chi connectivity index (χ3v) is 3.49. The van der Waals surface area contributed by atoms with Gasteiger partial charge < -0.3 is 10.4 Å². The van der Waals surface area contributed by atoms with E-state index in [1.807, 2.05) is 24.3 Å². The number of hydrogen-bond donors (Lipinski definition) is 2. The molecular weight excluding hydrogens is 265 g/mol. The molecule has 2 aromatic rings. The Morgan fingerprint density at radius 2 is 1.76 bits per heavy atom. The Labute approximate surface area is 125 Å². The van der Waals surface area contributed by atoms with E-state index in [4.69, 9.17) is 0 Å². The second-order valence-corrected chi connectivity index (χ2v) is 6.40. The van der Waals surface area contributed by atoms with Gasteiger partial charge in [-0.2, -0.15) is 0 Å². The first-order valence-corrected chi connectivity index (χ1v) is 7.13. The van der Waals surface area contributed by atoms with Gasteiger partial charge in [-0.05, 0) is 40.8 Å². The Balaban J connectivity index is 2.16. The number of halogens is 1. The number of nitrogens with one attached hydrogen (secondary N) is 1. The summed E-state index contributed by atoms with van der Waals surface area (Å²) in [6.45, 7) is 7.09. The lowest BCUT2D eigenvalue weighted by atomic mass is 9.82. The van der Waals surface area contributed by atoms with Crippen molar-refractivity contribution in [3.05, 3.63) is 65.5 Å². The minimum Gasteiger partial charge on any atom is -0.508 e. The summed E-state index contributed by atoms with van der Waals surface area (Å²) in [7, 11) is 0. The molecule has 21 heavy (non-hydrogen) atoms. The molecule has 0 aliphatic heterocycles. The van der Waals surface area contributed by atoms with Crippen molar-refractivity contribution >= 4 is 0 Å². The van der Waals surface area contributed by atoms with Gasteiger partial charge in [0.05, 0.1) is 0 Å². The lowest BCUT2D eigenvalue weighted by molar-refractivity contribution is 0.271. The maximum Gasteiger partial charge on any atom is 0.123 e. The van der Waals surface area contributed by atoms with E-state index in [0.29, 0.717) is 6.54 Å². The maximum absolute atomic E-state index is 13.1. The predicted molar refractivity (Wildman–Crippen MR) is 83.5 cm³/mol. The second kappa shape index (κ2) is 6.27. The Bertz CT molecular complexity index is 587. The molecular formula is C18H22FNO. The minimum atomic E-state index is -0.223. The largest absolute Gasteiger partial charge is 0.508 e. The number of benzene rings is 2. The lowest BCUT2D eigenvalue weighted by Crippen LogP contribution is -2.32. The first-order valence-electron chi connectivity index (χ1n) is 7.13. The van der Waals surface area contributed by atoms with Gasteiger partial charge in [0.15, 0.2) is 0 Å². The first-order chi connectivity index (χ1) is 9.86. The van der Waals surface area contributed by atoms with Crippen LogP contribution < -0.4 is 5.32 Å². The fourth-order valence-corrected chi connectivity index (χ4v) is 2.47. The van der Waals surface area contributed by atoms with Crippen LogP contribution in [0.3, 0.4) is 0 Å². The summed E-state index contributed by atoms with van der Waals surface area (Å²) in [6.07, 6.45) is 0. The van der Waals surface area contributed by atoms with Crippen molar-refractivity contribution in [2.24, 2.45) is 5.41 Å². The van der Waals surface area contributed by atoms with E-state index < -0.39 is 0 Å². The van der Waals surface area contributed by atoms with Crippen molar-refractivity contribution in [1.82, 2.24) is 5.32 Å². The zero-order valence-electron chi connectivity index (χ0n) is 12.7. The number of phenols is 1. The summed E-state index contributed by atoms with van der Waals surface area (Å²) in [6, 6.07) is 13.9. The van der Waals surface area contributed by atoms with E-state index in [1.54, 1.807) is 12.1 Å². The molecule has 0 fully saturated rings. The zero-order valence-corrected chi connectivity index (χ0v) is 12.7. The van der Waals surface area contributed by atoms with E-state index in [0.717, 1.165) is 11.1 Å². The van der Waals surface area contributed by atoms with Gasteiger partial charge >= 0.3 is 0 Å². The van der Waals surface area contributed by atoms with Gasteiger partial charge in [-0.25, -0.2) is 4.39 Å². The smallest absolute Gasteiger partial charge is 0.123 e. The molecule has 0 aliphatic carbocycles. The van der Waals surface area contributed by atoms with Crippen LogP contribution in [0.5, 0.6) is 5.75 Å². The molecule has 1 unspecified atom stereocenters. The number of hydrogen-bond acceptors (Lipinski definition) is 2. The lowest BCUT2D eigenvalue weighted by Gasteiger charge is -2.32. The summed E-state index contributed by atoms with van der Waals surface area (Å²) >= 11 is 0. The molecule has 1 atom stereocenters. The van der Waals surface area contributed by atoms with Gasteiger partial charge in [0.1, 0.15) is 11.6 Å². The van der Waals surface area contributed by atoms with E-state index in [1.165, 1.54) is 12.1 Å². The van der Waals surface area contributed by atoms with Crippen molar-refractivity contribution < 1.29 is 9.50 Å². The summed E-state index contributed by atoms with van der Waals surface area (Å²) in [5, 5.41) is 13.0. The van der Waals surface area contributed by atoms with Crippen LogP contribution in [0.25, 0.3) is 0 Å².